The summed E-state index contributed by atoms with van der Waals surface area (Å²) < 4.78 is 0. The zero-order valence-corrected chi connectivity index (χ0v) is 16.2. The molecule has 1 N–H and O–H groups in total. The van der Waals surface area contributed by atoms with Crippen molar-refractivity contribution in [1.29, 1.82) is 0 Å². The van der Waals surface area contributed by atoms with Crippen LogP contribution in [0, 0.1) is 13.8 Å². The second-order valence-corrected chi connectivity index (χ2v) is 6.51. The van der Waals surface area contributed by atoms with E-state index in [9.17, 15) is 4.79 Å². The summed E-state index contributed by atoms with van der Waals surface area (Å²) in [6.07, 6.45) is 0.901. The third-order valence-corrected chi connectivity index (χ3v) is 4.50. The van der Waals surface area contributed by atoms with Crippen LogP contribution in [0.2, 0.25) is 0 Å². The molecular weight excluding hydrogens is 336 g/mol. The van der Waals surface area contributed by atoms with Gasteiger partial charge in [0.05, 0.1) is 0 Å². The fraction of sp³-hybridized carbons (Fsp3) is 0.227. The molecule has 3 rings (SSSR count). The molecule has 0 aliphatic rings. The van der Waals surface area contributed by atoms with Gasteiger partial charge in [0.25, 0.3) is 5.91 Å². The summed E-state index contributed by atoms with van der Waals surface area (Å²) in [5, 5.41) is 3.31. The van der Waals surface area contributed by atoms with Crippen molar-refractivity contribution in [1.82, 2.24) is 9.97 Å². The maximum absolute atomic E-state index is 12.9. The number of nitrogens with one attached hydrogen (secondary N) is 1. The Morgan fingerprint density at radius 3 is 2.48 bits per heavy atom. The molecule has 1 amide bonds. The van der Waals surface area contributed by atoms with Gasteiger partial charge in [0, 0.05) is 24.1 Å². The number of benzene rings is 2. The first-order chi connectivity index (χ1) is 13.0. The summed E-state index contributed by atoms with van der Waals surface area (Å²) >= 11 is 0. The fourth-order valence-corrected chi connectivity index (χ4v) is 2.99. The predicted molar refractivity (Wildman–Crippen MR) is 110 cm³/mol. The molecule has 0 saturated heterocycles. The van der Waals surface area contributed by atoms with Gasteiger partial charge in [-0.2, -0.15) is 0 Å². The van der Waals surface area contributed by atoms with Crippen molar-refractivity contribution in [2.24, 2.45) is 0 Å². The van der Waals surface area contributed by atoms with Crippen LogP contribution in [0.5, 0.6) is 0 Å². The van der Waals surface area contributed by atoms with E-state index in [4.69, 9.17) is 0 Å². The molecule has 0 aliphatic carbocycles. The van der Waals surface area contributed by atoms with Gasteiger partial charge in [-0.05, 0) is 49.6 Å². The standard InChI is InChI=1S/C22H24N4O/c1-5-17-11-9-10-15(2)20(17)25-22-23-16(3)14-19(24-22)21(27)26(4)18-12-7-6-8-13-18/h6-14H,5H2,1-4H3,(H,23,24,25). The fourth-order valence-electron chi connectivity index (χ4n) is 2.99. The largest absolute Gasteiger partial charge is 0.324 e. The van der Waals surface area contributed by atoms with Gasteiger partial charge in [-0.25, -0.2) is 9.97 Å². The minimum Gasteiger partial charge on any atom is -0.324 e. The normalized spacial score (nSPS) is 10.5. The van der Waals surface area contributed by atoms with Gasteiger partial charge in [-0.3, -0.25) is 4.79 Å². The first kappa shape index (κ1) is 18.6. The molecule has 0 saturated carbocycles. The minimum atomic E-state index is -0.171. The highest BCUT2D eigenvalue weighted by molar-refractivity contribution is 6.04. The summed E-state index contributed by atoms with van der Waals surface area (Å²) in [5.74, 6) is 0.263. The molecule has 0 bridgehead atoms. The number of para-hydroxylation sites is 2. The number of nitrogens with zero attached hydrogens (tertiary/aromatic N) is 3. The van der Waals surface area contributed by atoms with E-state index in [1.165, 1.54) is 5.56 Å². The monoisotopic (exact) mass is 360 g/mol. The molecule has 1 aromatic heterocycles. The quantitative estimate of drug-likeness (QED) is 0.718. The lowest BCUT2D eigenvalue weighted by Crippen LogP contribution is -2.27. The van der Waals surface area contributed by atoms with E-state index >= 15 is 0 Å². The van der Waals surface area contributed by atoms with Gasteiger partial charge in [0.1, 0.15) is 5.69 Å². The number of aryl methyl sites for hydroxylation is 3. The Kier molecular flexibility index (Phi) is 5.50. The van der Waals surface area contributed by atoms with Crippen LogP contribution in [-0.4, -0.2) is 22.9 Å². The Balaban J connectivity index is 1.92. The highest BCUT2D eigenvalue weighted by Gasteiger charge is 2.17. The second-order valence-electron chi connectivity index (χ2n) is 6.51. The Hall–Kier alpha value is -3.21. The molecular formula is C22H24N4O. The summed E-state index contributed by atoms with van der Waals surface area (Å²) in [4.78, 5) is 23.4. The summed E-state index contributed by atoms with van der Waals surface area (Å²) in [6.45, 7) is 6.03. The number of amides is 1. The highest BCUT2D eigenvalue weighted by atomic mass is 16.2. The summed E-state index contributed by atoms with van der Waals surface area (Å²) in [5.41, 5.74) is 5.23. The third kappa shape index (κ3) is 4.14. The Morgan fingerprint density at radius 1 is 1.04 bits per heavy atom. The Bertz CT molecular complexity index is 954. The molecule has 0 spiro atoms. The second kappa shape index (κ2) is 7.99. The molecule has 0 radical (unpaired) electrons. The van der Waals surface area contributed by atoms with Crippen LogP contribution in [-0.2, 0) is 6.42 Å². The van der Waals surface area contributed by atoms with Crippen LogP contribution in [0.3, 0.4) is 0 Å². The number of rotatable bonds is 5. The molecule has 1 heterocycles. The predicted octanol–water partition coefficient (Wildman–Crippen LogP) is 4.68. The van der Waals surface area contributed by atoms with Crippen molar-refractivity contribution in [2.75, 3.05) is 17.3 Å². The van der Waals surface area contributed by atoms with Crippen LogP contribution < -0.4 is 10.2 Å². The lowest BCUT2D eigenvalue weighted by molar-refractivity contribution is 0.0988. The van der Waals surface area contributed by atoms with Gasteiger partial charge >= 0.3 is 0 Å². The van der Waals surface area contributed by atoms with E-state index in [1.807, 2.05) is 56.3 Å². The third-order valence-electron chi connectivity index (χ3n) is 4.50. The zero-order chi connectivity index (χ0) is 19.4. The molecule has 0 unspecified atom stereocenters. The number of aromatic nitrogens is 2. The Morgan fingerprint density at radius 2 is 1.78 bits per heavy atom. The lowest BCUT2D eigenvalue weighted by Gasteiger charge is -2.18. The summed E-state index contributed by atoms with van der Waals surface area (Å²) in [7, 11) is 1.75. The molecule has 27 heavy (non-hydrogen) atoms. The van der Waals surface area contributed by atoms with Gasteiger partial charge in [-0.1, -0.05) is 43.3 Å². The van der Waals surface area contributed by atoms with E-state index in [0.717, 1.165) is 29.1 Å². The van der Waals surface area contributed by atoms with Crippen molar-refractivity contribution in [3.05, 3.63) is 77.1 Å². The molecule has 2 aromatic carbocycles. The maximum Gasteiger partial charge on any atom is 0.276 e. The highest BCUT2D eigenvalue weighted by Crippen LogP contribution is 2.24. The van der Waals surface area contributed by atoms with Crippen molar-refractivity contribution in [3.8, 4) is 0 Å². The number of carbonyl (C=O) groups excluding carboxylic acids is 1. The maximum atomic E-state index is 12.9. The van der Waals surface area contributed by atoms with Crippen molar-refractivity contribution in [2.45, 2.75) is 27.2 Å². The minimum absolute atomic E-state index is 0.171. The molecule has 138 valence electrons. The number of hydrogen-bond acceptors (Lipinski definition) is 4. The number of hydrogen-bond donors (Lipinski definition) is 1. The molecule has 0 aliphatic heterocycles. The first-order valence-corrected chi connectivity index (χ1v) is 9.04. The lowest BCUT2D eigenvalue weighted by atomic mass is 10.1. The van der Waals surface area contributed by atoms with Crippen LogP contribution in [0.1, 0.15) is 34.2 Å². The van der Waals surface area contributed by atoms with Gasteiger partial charge in [0.2, 0.25) is 5.95 Å². The van der Waals surface area contributed by atoms with Crippen molar-refractivity contribution in [3.63, 3.8) is 0 Å². The molecule has 5 nitrogen and oxygen atoms in total. The van der Waals surface area contributed by atoms with Gasteiger partial charge < -0.3 is 10.2 Å². The van der Waals surface area contributed by atoms with E-state index < -0.39 is 0 Å². The van der Waals surface area contributed by atoms with Gasteiger partial charge in [0.15, 0.2) is 0 Å². The first-order valence-electron chi connectivity index (χ1n) is 9.04. The van der Waals surface area contributed by atoms with E-state index in [0.29, 0.717) is 11.6 Å². The van der Waals surface area contributed by atoms with E-state index in [2.05, 4.69) is 28.3 Å². The molecule has 5 heteroatoms. The van der Waals surface area contributed by atoms with Crippen LogP contribution in [0.25, 0.3) is 0 Å². The SMILES string of the molecule is CCc1cccc(C)c1Nc1nc(C)cc(C(=O)N(C)c2ccccc2)n1. The zero-order valence-electron chi connectivity index (χ0n) is 16.2. The molecule has 3 aromatic rings. The average molecular weight is 360 g/mol. The molecule has 0 fully saturated rings. The smallest absolute Gasteiger partial charge is 0.276 e. The van der Waals surface area contributed by atoms with Crippen molar-refractivity contribution < 1.29 is 4.79 Å². The number of anilines is 3. The van der Waals surface area contributed by atoms with Crippen LogP contribution in [0.4, 0.5) is 17.3 Å². The van der Waals surface area contributed by atoms with Gasteiger partial charge in [-0.15, -0.1) is 0 Å². The Labute approximate surface area is 160 Å². The topological polar surface area (TPSA) is 58.1 Å². The van der Waals surface area contributed by atoms with E-state index in [-0.39, 0.29) is 5.91 Å². The number of carbonyl (C=O) groups is 1. The van der Waals surface area contributed by atoms with E-state index in [1.54, 1.807) is 18.0 Å². The van der Waals surface area contributed by atoms with Crippen molar-refractivity contribution >= 4 is 23.2 Å². The average Bonchev–Trinajstić information content (AvgIpc) is 2.68. The molecule has 0 atom stereocenters. The van der Waals surface area contributed by atoms with Crippen LogP contribution >= 0.6 is 0 Å². The summed E-state index contributed by atoms with van der Waals surface area (Å²) in [6, 6.07) is 17.4. The van der Waals surface area contributed by atoms with Crippen LogP contribution in [0.15, 0.2) is 54.6 Å².